The molecule has 24 heavy (non-hydrogen) atoms. The lowest BCUT2D eigenvalue weighted by Gasteiger charge is -2.15. The SMILES string of the molecule is Cc1cc(C)n(-c2ccc([C@H](C)NC(=O)[C@@H]3C[C@@H]3C(=O)O)cc2)n1. The number of rotatable bonds is 5. The van der Waals surface area contributed by atoms with Crippen molar-refractivity contribution in [3.05, 3.63) is 47.3 Å². The molecule has 0 spiro atoms. The average Bonchev–Trinajstić information content (AvgIpc) is 3.27. The van der Waals surface area contributed by atoms with Crippen molar-refractivity contribution in [3.8, 4) is 5.69 Å². The number of nitrogens with zero attached hydrogens (tertiary/aromatic N) is 2. The number of aliphatic carboxylic acids is 1. The minimum atomic E-state index is -0.892. The molecule has 1 amide bonds. The van der Waals surface area contributed by atoms with Gasteiger partial charge in [-0.25, -0.2) is 4.68 Å². The lowest BCUT2D eigenvalue weighted by atomic mass is 10.1. The van der Waals surface area contributed by atoms with Gasteiger partial charge in [-0.3, -0.25) is 9.59 Å². The maximum absolute atomic E-state index is 12.1. The van der Waals surface area contributed by atoms with E-state index in [1.807, 2.05) is 55.8 Å². The van der Waals surface area contributed by atoms with Gasteiger partial charge in [0.05, 0.1) is 29.3 Å². The number of hydrogen-bond donors (Lipinski definition) is 2. The summed E-state index contributed by atoms with van der Waals surface area (Å²) < 4.78 is 1.88. The lowest BCUT2D eigenvalue weighted by molar-refractivity contribution is -0.140. The highest BCUT2D eigenvalue weighted by Crippen LogP contribution is 2.39. The first kappa shape index (κ1) is 16.2. The fraction of sp³-hybridized carbons (Fsp3) is 0.389. The Kier molecular flexibility index (Phi) is 4.13. The molecule has 1 aliphatic rings. The first-order valence-electron chi connectivity index (χ1n) is 8.03. The van der Waals surface area contributed by atoms with Crippen LogP contribution in [-0.4, -0.2) is 26.8 Å². The number of carbonyl (C=O) groups excluding carboxylic acids is 1. The van der Waals surface area contributed by atoms with E-state index in [-0.39, 0.29) is 17.9 Å². The van der Waals surface area contributed by atoms with E-state index < -0.39 is 11.9 Å². The molecule has 3 atom stereocenters. The molecule has 6 nitrogen and oxygen atoms in total. The molecule has 1 saturated carbocycles. The molecule has 0 aliphatic heterocycles. The minimum absolute atomic E-state index is 0.165. The fourth-order valence-corrected chi connectivity index (χ4v) is 2.96. The largest absolute Gasteiger partial charge is 0.481 e. The first-order valence-corrected chi connectivity index (χ1v) is 8.03. The van der Waals surface area contributed by atoms with Gasteiger partial charge < -0.3 is 10.4 Å². The van der Waals surface area contributed by atoms with E-state index in [0.717, 1.165) is 22.6 Å². The van der Waals surface area contributed by atoms with Crippen LogP contribution in [0.2, 0.25) is 0 Å². The highest BCUT2D eigenvalue weighted by molar-refractivity contribution is 5.89. The Morgan fingerprint density at radius 3 is 2.42 bits per heavy atom. The predicted molar refractivity (Wildman–Crippen MR) is 88.8 cm³/mol. The summed E-state index contributed by atoms with van der Waals surface area (Å²) in [6.45, 7) is 5.86. The molecule has 6 heteroatoms. The number of amides is 1. The van der Waals surface area contributed by atoms with Crippen molar-refractivity contribution >= 4 is 11.9 Å². The van der Waals surface area contributed by atoms with Gasteiger partial charge in [-0.2, -0.15) is 5.10 Å². The van der Waals surface area contributed by atoms with Crippen molar-refractivity contribution in [3.63, 3.8) is 0 Å². The van der Waals surface area contributed by atoms with Gasteiger partial charge >= 0.3 is 5.97 Å². The van der Waals surface area contributed by atoms with Gasteiger partial charge in [-0.05, 0) is 51.0 Å². The number of carboxylic acids is 1. The molecular formula is C18H21N3O3. The second kappa shape index (κ2) is 6.11. The third-order valence-electron chi connectivity index (χ3n) is 4.45. The van der Waals surface area contributed by atoms with Crippen molar-refractivity contribution in [2.75, 3.05) is 0 Å². The van der Waals surface area contributed by atoms with Crippen LogP contribution in [0.1, 0.15) is 36.3 Å². The Morgan fingerprint density at radius 1 is 1.25 bits per heavy atom. The maximum Gasteiger partial charge on any atom is 0.307 e. The normalized spacial score (nSPS) is 20.5. The number of carbonyl (C=O) groups is 2. The molecule has 0 radical (unpaired) electrons. The molecule has 0 saturated heterocycles. The third-order valence-corrected chi connectivity index (χ3v) is 4.45. The van der Waals surface area contributed by atoms with Gasteiger partial charge in [-0.1, -0.05) is 12.1 Å². The molecule has 126 valence electrons. The van der Waals surface area contributed by atoms with Crippen LogP contribution in [0.4, 0.5) is 0 Å². The first-order chi connectivity index (χ1) is 11.4. The third kappa shape index (κ3) is 3.18. The van der Waals surface area contributed by atoms with Crippen LogP contribution in [0.5, 0.6) is 0 Å². The Labute approximate surface area is 140 Å². The Balaban J connectivity index is 1.66. The molecule has 1 aromatic carbocycles. The molecule has 3 rings (SSSR count). The van der Waals surface area contributed by atoms with Gasteiger partial charge in [0.1, 0.15) is 0 Å². The summed E-state index contributed by atoms with van der Waals surface area (Å²) in [4.78, 5) is 22.9. The van der Waals surface area contributed by atoms with E-state index in [2.05, 4.69) is 10.4 Å². The highest BCUT2D eigenvalue weighted by Gasteiger charge is 2.48. The topological polar surface area (TPSA) is 84.2 Å². The average molecular weight is 327 g/mol. The number of carboxylic acid groups (broad SMARTS) is 1. The van der Waals surface area contributed by atoms with Crippen LogP contribution in [0.3, 0.4) is 0 Å². The van der Waals surface area contributed by atoms with E-state index in [1.54, 1.807) is 0 Å². The van der Waals surface area contributed by atoms with Gasteiger partial charge in [0.15, 0.2) is 0 Å². The van der Waals surface area contributed by atoms with Crippen molar-refractivity contribution in [2.24, 2.45) is 11.8 Å². The standard InChI is InChI=1S/C18H21N3O3/c1-10-8-11(2)21(20-10)14-6-4-13(5-7-14)12(3)19-17(22)15-9-16(15)18(23)24/h4-8,12,15-16H,9H2,1-3H3,(H,19,22)(H,23,24)/t12-,15+,16-/m0/s1. The molecule has 1 heterocycles. The molecule has 0 bridgehead atoms. The molecule has 2 aromatic rings. The predicted octanol–water partition coefficient (Wildman–Crippen LogP) is 2.39. The number of benzene rings is 1. The van der Waals surface area contributed by atoms with Gasteiger partial charge in [0.2, 0.25) is 5.91 Å². The highest BCUT2D eigenvalue weighted by atomic mass is 16.4. The summed E-state index contributed by atoms with van der Waals surface area (Å²) in [5.74, 6) is -1.99. The molecule has 1 aliphatic carbocycles. The quantitative estimate of drug-likeness (QED) is 0.883. The van der Waals surface area contributed by atoms with Crippen molar-refractivity contribution in [2.45, 2.75) is 33.2 Å². The van der Waals surface area contributed by atoms with E-state index >= 15 is 0 Å². The van der Waals surface area contributed by atoms with Gasteiger partial charge in [-0.15, -0.1) is 0 Å². The summed E-state index contributed by atoms with van der Waals surface area (Å²) >= 11 is 0. The molecule has 1 aromatic heterocycles. The van der Waals surface area contributed by atoms with E-state index in [9.17, 15) is 9.59 Å². The summed E-state index contributed by atoms with van der Waals surface area (Å²) in [5.41, 5.74) is 3.97. The van der Waals surface area contributed by atoms with Crippen LogP contribution in [-0.2, 0) is 9.59 Å². The van der Waals surface area contributed by atoms with E-state index in [4.69, 9.17) is 5.11 Å². The summed E-state index contributed by atoms with van der Waals surface area (Å²) in [6, 6.07) is 9.70. The zero-order valence-electron chi connectivity index (χ0n) is 14.0. The van der Waals surface area contributed by atoms with E-state index in [0.29, 0.717) is 6.42 Å². The van der Waals surface area contributed by atoms with Crippen LogP contribution >= 0.6 is 0 Å². The van der Waals surface area contributed by atoms with Crippen molar-refractivity contribution < 1.29 is 14.7 Å². The zero-order valence-corrected chi connectivity index (χ0v) is 14.0. The van der Waals surface area contributed by atoms with Crippen molar-refractivity contribution in [1.82, 2.24) is 15.1 Å². The monoisotopic (exact) mass is 327 g/mol. The van der Waals surface area contributed by atoms with Gasteiger partial charge in [0, 0.05) is 5.69 Å². The maximum atomic E-state index is 12.1. The minimum Gasteiger partial charge on any atom is -0.481 e. The van der Waals surface area contributed by atoms with Gasteiger partial charge in [0.25, 0.3) is 0 Å². The lowest BCUT2D eigenvalue weighted by Crippen LogP contribution is -2.29. The smallest absolute Gasteiger partial charge is 0.307 e. The number of hydrogen-bond acceptors (Lipinski definition) is 3. The Bertz CT molecular complexity index is 779. The Morgan fingerprint density at radius 2 is 1.92 bits per heavy atom. The fourth-order valence-electron chi connectivity index (χ4n) is 2.96. The van der Waals surface area contributed by atoms with Crippen molar-refractivity contribution in [1.29, 1.82) is 0 Å². The summed E-state index contributed by atoms with van der Waals surface area (Å²) in [7, 11) is 0. The summed E-state index contributed by atoms with van der Waals surface area (Å²) in [5, 5.41) is 16.2. The van der Waals surface area contributed by atoms with Crippen LogP contribution in [0.25, 0.3) is 5.69 Å². The second-order valence-electron chi connectivity index (χ2n) is 6.45. The van der Waals surface area contributed by atoms with Crippen LogP contribution < -0.4 is 5.32 Å². The number of nitrogens with one attached hydrogen (secondary N) is 1. The van der Waals surface area contributed by atoms with E-state index in [1.165, 1.54) is 0 Å². The van der Waals surface area contributed by atoms with Crippen LogP contribution in [0, 0.1) is 25.7 Å². The Hall–Kier alpha value is -2.63. The molecule has 1 fully saturated rings. The summed E-state index contributed by atoms with van der Waals surface area (Å²) in [6.07, 6.45) is 0.435. The molecule has 2 N–H and O–H groups in total. The second-order valence-corrected chi connectivity index (χ2v) is 6.45. The zero-order chi connectivity index (χ0) is 17.4. The number of aromatic nitrogens is 2. The molecule has 0 unspecified atom stereocenters. The number of aryl methyl sites for hydroxylation is 2. The molecular weight excluding hydrogens is 306 g/mol. The van der Waals surface area contributed by atoms with Crippen LogP contribution in [0.15, 0.2) is 30.3 Å².